The van der Waals surface area contributed by atoms with Gasteiger partial charge in [-0.15, -0.1) is 0 Å². The average molecular weight is 683 g/mol. The Labute approximate surface area is 284 Å². The predicted molar refractivity (Wildman–Crippen MR) is 176 cm³/mol. The van der Waals surface area contributed by atoms with E-state index < -0.39 is 48.1 Å². The first-order chi connectivity index (χ1) is 21.9. The van der Waals surface area contributed by atoms with Crippen LogP contribution < -0.4 is 10.6 Å². The zero-order valence-corrected chi connectivity index (χ0v) is 30.4. The third-order valence-corrected chi connectivity index (χ3v) is 11.2. The van der Waals surface area contributed by atoms with Crippen LogP contribution in [0.3, 0.4) is 0 Å². The van der Waals surface area contributed by atoms with Gasteiger partial charge < -0.3 is 35.4 Å². The van der Waals surface area contributed by atoms with Crippen LogP contribution in [0, 0.1) is 0 Å². The van der Waals surface area contributed by atoms with Gasteiger partial charge in [0, 0.05) is 22.2 Å². The first kappa shape index (κ1) is 38.4. The van der Waals surface area contributed by atoms with Crippen LogP contribution in [0.1, 0.15) is 81.1 Å². The van der Waals surface area contributed by atoms with Gasteiger partial charge in [0.05, 0.1) is 51.7 Å². The van der Waals surface area contributed by atoms with Crippen molar-refractivity contribution < 1.29 is 44.0 Å². The Morgan fingerprint density at radius 1 is 0.646 bits per heavy atom. The molecule has 0 bridgehead atoms. The van der Waals surface area contributed by atoms with Gasteiger partial charge in [0.25, 0.3) is 11.8 Å². The molecule has 0 radical (unpaired) electrons. The van der Waals surface area contributed by atoms with Crippen LogP contribution in [-0.2, 0) is 19.1 Å². The third-order valence-electron chi connectivity index (χ3n) is 11.2. The number of imide groups is 2. The van der Waals surface area contributed by atoms with Crippen LogP contribution in [0.25, 0.3) is 0 Å². The van der Waals surface area contributed by atoms with Crippen LogP contribution in [0.5, 0.6) is 0 Å². The van der Waals surface area contributed by atoms with Crippen molar-refractivity contribution in [3.8, 4) is 0 Å². The van der Waals surface area contributed by atoms with Crippen LogP contribution in [0.4, 0.5) is 9.59 Å². The van der Waals surface area contributed by atoms with Gasteiger partial charge in [-0.2, -0.15) is 0 Å². The number of aliphatic hydroxyl groups excluding tert-OH is 3. The Morgan fingerprint density at radius 2 is 1.00 bits per heavy atom. The van der Waals surface area contributed by atoms with E-state index in [9.17, 15) is 34.5 Å². The number of urea groups is 2. The molecule has 0 aromatic carbocycles. The fraction of sp³-hybridized carbons (Fsp3) is 0.879. The van der Waals surface area contributed by atoms with Crippen LogP contribution in [0.15, 0.2) is 0 Å². The van der Waals surface area contributed by atoms with Gasteiger partial charge in [-0.25, -0.2) is 9.59 Å². The lowest BCUT2D eigenvalue weighted by atomic mass is 9.69. The van der Waals surface area contributed by atoms with Gasteiger partial charge in [0.15, 0.2) is 0 Å². The molecule has 0 aliphatic carbocycles. The SMILES string of the molecule is CN1C(C)(C)CC2(CC1(C)C)NC(=O)N(CC(O)COCC(CO)OCC(O)CN1C(=O)NC3(CC(C)(C)N(C)C(C)(C)C3)C1=O)C2=O. The lowest BCUT2D eigenvalue weighted by molar-refractivity contribution is -0.141. The highest BCUT2D eigenvalue weighted by Crippen LogP contribution is 2.46. The summed E-state index contributed by atoms with van der Waals surface area (Å²) in [5.41, 5.74) is -3.55. The van der Waals surface area contributed by atoms with E-state index in [1.807, 2.05) is 69.5 Å². The summed E-state index contributed by atoms with van der Waals surface area (Å²) in [5.74, 6) is -0.748. The normalized spacial score (nSPS) is 27.8. The van der Waals surface area contributed by atoms with Gasteiger partial charge in [-0.1, -0.05) is 0 Å². The number of nitrogens with one attached hydrogen (secondary N) is 2. The minimum absolute atomic E-state index is 0.150. The van der Waals surface area contributed by atoms with Crippen LogP contribution in [-0.4, -0.2) is 164 Å². The summed E-state index contributed by atoms with van der Waals surface area (Å²) in [5, 5.41) is 36.9. The molecule has 4 fully saturated rings. The highest BCUT2D eigenvalue weighted by Gasteiger charge is 2.62. The second kappa shape index (κ2) is 13.1. The molecule has 48 heavy (non-hydrogen) atoms. The number of aliphatic hydroxyl groups is 3. The highest BCUT2D eigenvalue weighted by molar-refractivity contribution is 6.08. The van der Waals surface area contributed by atoms with Gasteiger partial charge in [-0.05, 0) is 95.2 Å². The smallest absolute Gasteiger partial charge is 0.325 e. The fourth-order valence-electron chi connectivity index (χ4n) is 8.62. The summed E-state index contributed by atoms with van der Waals surface area (Å²) >= 11 is 0. The van der Waals surface area contributed by atoms with Crippen molar-refractivity contribution in [3.63, 3.8) is 0 Å². The number of hydrogen-bond donors (Lipinski definition) is 5. The maximum atomic E-state index is 13.6. The summed E-state index contributed by atoms with van der Waals surface area (Å²) in [4.78, 5) is 59.4. The molecule has 3 atom stereocenters. The van der Waals surface area contributed by atoms with Crippen molar-refractivity contribution in [3.05, 3.63) is 0 Å². The minimum atomic E-state index is -1.22. The summed E-state index contributed by atoms with van der Waals surface area (Å²) < 4.78 is 11.2. The number of β-amino-alcohol motifs (C(OH)–C–C–N with tert-alkyl or cyclic N) is 2. The number of likely N-dealkylation sites (tertiary alicyclic amines) is 2. The van der Waals surface area contributed by atoms with Crippen LogP contribution in [0.2, 0.25) is 0 Å². The maximum Gasteiger partial charge on any atom is 0.325 e. The molecule has 0 saturated carbocycles. The van der Waals surface area contributed by atoms with Crippen molar-refractivity contribution in [2.75, 3.05) is 53.6 Å². The number of carbonyl (C=O) groups excluding carboxylic acids is 4. The first-order valence-electron chi connectivity index (χ1n) is 16.8. The molecule has 4 rings (SSSR count). The van der Waals surface area contributed by atoms with Gasteiger partial charge in [0.2, 0.25) is 0 Å². The first-order valence-corrected chi connectivity index (χ1v) is 16.8. The molecule has 6 amide bonds. The molecular weight excluding hydrogens is 624 g/mol. The Balaban J connectivity index is 1.24. The monoisotopic (exact) mass is 682 g/mol. The summed E-state index contributed by atoms with van der Waals surface area (Å²) in [7, 11) is 4.02. The molecule has 3 unspecified atom stereocenters. The maximum absolute atomic E-state index is 13.6. The van der Waals surface area contributed by atoms with E-state index in [0.717, 1.165) is 9.80 Å². The highest BCUT2D eigenvalue weighted by atomic mass is 16.5. The average Bonchev–Trinajstić information content (AvgIpc) is 3.29. The lowest BCUT2D eigenvalue weighted by Crippen LogP contribution is -2.68. The second-order valence-electron chi connectivity index (χ2n) is 16.9. The van der Waals surface area contributed by atoms with Gasteiger partial charge >= 0.3 is 12.1 Å². The van der Waals surface area contributed by atoms with Gasteiger partial charge in [0.1, 0.15) is 17.2 Å². The van der Waals surface area contributed by atoms with E-state index in [4.69, 9.17) is 9.47 Å². The molecule has 4 aliphatic heterocycles. The molecule has 4 aliphatic rings. The molecule has 2 spiro atoms. The number of rotatable bonds is 12. The Kier molecular flexibility index (Phi) is 10.4. The Hall–Kier alpha value is -2.40. The van der Waals surface area contributed by atoms with Crippen molar-refractivity contribution in [1.29, 1.82) is 0 Å². The van der Waals surface area contributed by atoms with Crippen LogP contribution >= 0.6 is 0 Å². The standard InChI is InChI=1S/C33H58N6O9/c1-28(2)17-32(18-29(3,4)36(28)9)24(43)38(26(45)34-32)11-21(41)14-47-16-23(13-40)48-15-22(42)12-39-25(44)33(35-27(39)46)19-30(5,6)37(10)31(7,8)20-33/h21-23,40-42H,11-20H2,1-10H3,(H,34,45)(H,35,46). The quantitative estimate of drug-likeness (QED) is 0.178. The van der Waals surface area contributed by atoms with Crippen molar-refractivity contribution in [2.45, 2.75) is 133 Å². The molecule has 274 valence electrons. The van der Waals surface area contributed by atoms with E-state index in [2.05, 4.69) is 20.4 Å². The summed E-state index contributed by atoms with van der Waals surface area (Å²) in [6.45, 7) is 14.6. The van der Waals surface area contributed by atoms with Crippen molar-refractivity contribution in [2.24, 2.45) is 0 Å². The topological polar surface area (TPSA) is 184 Å². The number of nitrogens with zero attached hydrogens (tertiary/aromatic N) is 4. The number of piperidine rings is 2. The second-order valence-corrected chi connectivity index (χ2v) is 16.9. The molecule has 4 heterocycles. The third kappa shape index (κ3) is 7.23. The molecule has 15 heteroatoms. The predicted octanol–water partition coefficient (Wildman–Crippen LogP) is 0.249. The summed E-state index contributed by atoms with van der Waals surface area (Å²) in [6, 6.07) is -1.12. The van der Waals surface area contributed by atoms with Crippen molar-refractivity contribution >= 4 is 23.9 Å². The van der Waals surface area contributed by atoms with E-state index in [1.165, 1.54) is 0 Å². The number of hydrogen-bond acceptors (Lipinski definition) is 11. The molecule has 0 aromatic rings. The van der Waals surface area contributed by atoms with E-state index in [-0.39, 0.29) is 66.9 Å². The zero-order chi connectivity index (χ0) is 36.3. The summed E-state index contributed by atoms with van der Waals surface area (Å²) in [6.07, 6.45) is -1.57. The van der Waals surface area contributed by atoms with E-state index in [0.29, 0.717) is 25.7 Å². The number of carbonyl (C=O) groups is 4. The molecule has 4 saturated heterocycles. The molecule has 15 nitrogen and oxygen atoms in total. The van der Waals surface area contributed by atoms with Crippen molar-refractivity contribution in [1.82, 2.24) is 30.2 Å². The van der Waals surface area contributed by atoms with E-state index >= 15 is 0 Å². The van der Waals surface area contributed by atoms with E-state index in [1.54, 1.807) is 0 Å². The number of amides is 6. The largest absolute Gasteiger partial charge is 0.394 e. The minimum Gasteiger partial charge on any atom is -0.394 e. The molecule has 5 N–H and O–H groups in total. The number of ether oxygens (including phenoxy) is 2. The zero-order valence-electron chi connectivity index (χ0n) is 30.4. The fourth-order valence-corrected chi connectivity index (χ4v) is 8.62. The Morgan fingerprint density at radius 3 is 1.35 bits per heavy atom. The van der Waals surface area contributed by atoms with Gasteiger partial charge in [-0.3, -0.25) is 29.2 Å². The lowest BCUT2D eigenvalue weighted by Gasteiger charge is -2.56. The molecular formula is C33H58N6O9. The molecule has 0 aromatic heterocycles. The Bertz CT molecular complexity index is 1230.